The third-order valence-corrected chi connectivity index (χ3v) is 5.11. The Hall–Kier alpha value is -2.08. The molecule has 1 aromatic carbocycles. The minimum atomic E-state index is -0.897. The van der Waals surface area contributed by atoms with Gasteiger partial charge in [0.15, 0.2) is 11.6 Å². The summed E-state index contributed by atoms with van der Waals surface area (Å²) in [6.45, 7) is 0.198. The van der Waals surface area contributed by atoms with E-state index in [9.17, 15) is 9.18 Å². The second kappa shape index (κ2) is 8.34. The van der Waals surface area contributed by atoms with Crippen molar-refractivity contribution in [3.8, 4) is 5.75 Å². The van der Waals surface area contributed by atoms with E-state index >= 15 is 0 Å². The number of carboxylic acids is 1. The summed E-state index contributed by atoms with van der Waals surface area (Å²) in [5.41, 5.74) is 1.40. The van der Waals surface area contributed by atoms with Crippen LogP contribution in [0.15, 0.2) is 41.4 Å². The van der Waals surface area contributed by atoms with Crippen LogP contribution < -0.4 is 4.74 Å². The van der Waals surface area contributed by atoms with E-state index in [1.165, 1.54) is 25.0 Å². The zero-order valence-corrected chi connectivity index (χ0v) is 14.6. The van der Waals surface area contributed by atoms with Crippen LogP contribution in [0.2, 0.25) is 0 Å². The number of halogens is 1. The molecular formula is C19H20FNO3S. The van der Waals surface area contributed by atoms with Crippen molar-refractivity contribution >= 4 is 17.7 Å². The molecule has 0 unspecified atom stereocenters. The van der Waals surface area contributed by atoms with E-state index in [2.05, 4.69) is 4.98 Å². The van der Waals surface area contributed by atoms with E-state index < -0.39 is 11.8 Å². The molecule has 4 nitrogen and oxygen atoms in total. The Morgan fingerprint density at radius 2 is 2.16 bits per heavy atom. The van der Waals surface area contributed by atoms with Crippen LogP contribution in [-0.2, 0) is 17.8 Å². The predicted molar refractivity (Wildman–Crippen MR) is 94.4 cm³/mol. The molecule has 25 heavy (non-hydrogen) atoms. The molecule has 1 N–H and O–H groups in total. The highest BCUT2D eigenvalue weighted by Crippen LogP contribution is 2.34. The Kier molecular flexibility index (Phi) is 5.91. The smallest absolute Gasteiger partial charge is 0.303 e. The van der Waals surface area contributed by atoms with Crippen LogP contribution >= 0.6 is 11.8 Å². The molecule has 0 radical (unpaired) electrons. The van der Waals surface area contributed by atoms with Gasteiger partial charge in [0.1, 0.15) is 6.61 Å². The monoisotopic (exact) mass is 361 g/mol. The van der Waals surface area contributed by atoms with Crippen LogP contribution in [0.3, 0.4) is 0 Å². The summed E-state index contributed by atoms with van der Waals surface area (Å²) in [6.07, 6.45) is 2.91. The second-order valence-corrected chi connectivity index (χ2v) is 7.21. The van der Waals surface area contributed by atoms with Crippen molar-refractivity contribution < 1.29 is 19.0 Å². The Morgan fingerprint density at radius 3 is 2.88 bits per heavy atom. The van der Waals surface area contributed by atoms with E-state index in [0.717, 1.165) is 22.4 Å². The molecule has 1 aliphatic rings. The van der Waals surface area contributed by atoms with Crippen molar-refractivity contribution in [3.05, 3.63) is 53.5 Å². The van der Waals surface area contributed by atoms with E-state index in [-0.39, 0.29) is 18.8 Å². The number of aliphatic carboxylic acids is 1. The maximum absolute atomic E-state index is 14.1. The standard InChI is InChI=1S/C19H20FNO3S/c20-16-10-13(7-9-19(22)23)6-8-17(16)24-11-15-2-1-3-18(21-15)25-12-14-4-5-14/h1-3,6,8,10,14H,4-5,7,9,11-12H2,(H,22,23). The summed E-state index contributed by atoms with van der Waals surface area (Å²) in [5, 5.41) is 9.65. The lowest BCUT2D eigenvalue weighted by Gasteiger charge is -2.09. The maximum Gasteiger partial charge on any atom is 0.303 e. The number of pyridine rings is 1. The highest BCUT2D eigenvalue weighted by atomic mass is 32.2. The molecule has 132 valence electrons. The van der Waals surface area contributed by atoms with Gasteiger partial charge in [-0.05, 0) is 55.0 Å². The molecule has 1 aliphatic carbocycles. The van der Waals surface area contributed by atoms with Gasteiger partial charge in [0, 0.05) is 12.2 Å². The fourth-order valence-electron chi connectivity index (χ4n) is 2.33. The highest BCUT2D eigenvalue weighted by Gasteiger charge is 2.21. The highest BCUT2D eigenvalue weighted by molar-refractivity contribution is 7.99. The van der Waals surface area contributed by atoms with Crippen LogP contribution in [0, 0.1) is 11.7 Å². The molecule has 0 atom stereocenters. The SMILES string of the molecule is O=C(O)CCc1ccc(OCc2cccc(SCC3CC3)n2)c(F)c1. The number of aryl methyl sites for hydroxylation is 1. The van der Waals surface area contributed by atoms with Crippen molar-refractivity contribution in [2.24, 2.45) is 5.92 Å². The fraction of sp³-hybridized carbons (Fsp3) is 0.368. The van der Waals surface area contributed by atoms with Gasteiger partial charge >= 0.3 is 5.97 Å². The average molecular weight is 361 g/mol. The second-order valence-electron chi connectivity index (χ2n) is 6.17. The molecule has 1 heterocycles. The van der Waals surface area contributed by atoms with Crippen LogP contribution in [0.25, 0.3) is 0 Å². The average Bonchev–Trinajstić information content (AvgIpc) is 3.42. The number of thioether (sulfide) groups is 1. The molecule has 0 bridgehead atoms. The van der Waals surface area contributed by atoms with Crippen molar-refractivity contribution in [3.63, 3.8) is 0 Å². The summed E-state index contributed by atoms with van der Waals surface area (Å²) in [5.74, 6) is 0.703. The van der Waals surface area contributed by atoms with Crippen LogP contribution in [0.1, 0.15) is 30.5 Å². The van der Waals surface area contributed by atoms with Gasteiger partial charge in [-0.15, -0.1) is 11.8 Å². The molecule has 0 spiro atoms. The number of benzene rings is 1. The number of hydrogen-bond acceptors (Lipinski definition) is 4. The number of rotatable bonds is 9. The van der Waals surface area contributed by atoms with Crippen molar-refractivity contribution in [1.29, 1.82) is 0 Å². The summed E-state index contributed by atoms with van der Waals surface area (Å²) in [6, 6.07) is 10.3. The van der Waals surface area contributed by atoms with Gasteiger partial charge < -0.3 is 9.84 Å². The van der Waals surface area contributed by atoms with Gasteiger partial charge in [-0.1, -0.05) is 12.1 Å². The van der Waals surface area contributed by atoms with Gasteiger partial charge in [-0.25, -0.2) is 9.37 Å². The Bertz CT molecular complexity index is 749. The lowest BCUT2D eigenvalue weighted by molar-refractivity contribution is -0.136. The molecule has 1 saturated carbocycles. The first-order valence-electron chi connectivity index (χ1n) is 8.32. The fourth-order valence-corrected chi connectivity index (χ4v) is 3.42. The number of ether oxygens (including phenoxy) is 1. The van der Waals surface area contributed by atoms with Gasteiger partial charge in [0.2, 0.25) is 0 Å². The molecule has 1 aromatic heterocycles. The van der Waals surface area contributed by atoms with E-state index in [1.54, 1.807) is 17.8 Å². The number of hydrogen-bond donors (Lipinski definition) is 1. The molecule has 1 fully saturated rings. The van der Waals surface area contributed by atoms with Crippen LogP contribution in [0.4, 0.5) is 4.39 Å². The van der Waals surface area contributed by atoms with Gasteiger partial charge in [-0.3, -0.25) is 4.79 Å². The lowest BCUT2D eigenvalue weighted by Crippen LogP contribution is -2.02. The summed E-state index contributed by atoms with van der Waals surface area (Å²) < 4.78 is 19.6. The minimum absolute atomic E-state index is 0.0190. The molecule has 3 rings (SSSR count). The van der Waals surface area contributed by atoms with Crippen LogP contribution in [-0.4, -0.2) is 21.8 Å². The van der Waals surface area contributed by atoms with Crippen LogP contribution in [0.5, 0.6) is 5.75 Å². The lowest BCUT2D eigenvalue weighted by atomic mass is 10.1. The quantitative estimate of drug-likeness (QED) is 0.674. The Balaban J connectivity index is 1.55. The maximum atomic E-state index is 14.1. The normalized spacial score (nSPS) is 13.6. The van der Waals surface area contributed by atoms with E-state index in [4.69, 9.17) is 9.84 Å². The van der Waals surface area contributed by atoms with Crippen molar-refractivity contribution in [2.75, 3.05) is 5.75 Å². The summed E-state index contributed by atoms with van der Waals surface area (Å²) in [4.78, 5) is 15.1. The number of nitrogens with zero attached hydrogens (tertiary/aromatic N) is 1. The number of aromatic nitrogens is 1. The predicted octanol–water partition coefficient (Wildman–Crippen LogP) is 4.32. The van der Waals surface area contributed by atoms with E-state index in [0.29, 0.717) is 12.0 Å². The van der Waals surface area contributed by atoms with Gasteiger partial charge in [-0.2, -0.15) is 0 Å². The first-order chi connectivity index (χ1) is 12.1. The molecule has 0 amide bonds. The van der Waals surface area contributed by atoms with Crippen molar-refractivity contribution in [1.82, 2.24) is 4.98 Å². The summed E-state index contributed by atoms with van der Waals surface area (Å²) in [7, 11) is 0. The van der Waals surface area contributed by atoms with E-state index in [1.807, 2.05) is 18.2 Å². The third-order valence-electron chi connectivity index (χ3n) is 3.94. The first kappa shape index (κ1) is 17.7. The largest absolute Gasteiger partial charge is 0.484 e. The summed E-state index contributed by atoms with van der Waals surface area (Å²) >= 11 is 1.75. The van der Waals surface area contributed by atoms with Crippen molar-refractivity contribution in [2.45, 2.75) is 37.3 Å². The Labute approximate surface area is 150 Å². The molecule has 0 aliphatic heterocycles. The van der Waals surface area contributed by atoms with Gasteiger partial charge in [0.25, 0.3) is 0 Å². The van der Waals surface area contributed by atoms with Gasteiger partial charge in [0.05, 0.1) is 10.7 Å². The zero-order valence-electron chi connectivity index (χ0n) is 13.8. The number of carbonyl (C=O) groups is 1. The topological polar surface area (TPSA) is 59.4 Å². The molecule has 0 saturated heterocycles. The molecule has 2 aromatic rings. The molecular weight excluding hydrogens is 341 g/mol. The minimum Gasteiger partial charge on any atom is -0.484 e. The molecule has 6 heteroatoms. The third kappa shape index (κ3) is 5.74. The zero-order chi connectivity index (χ0) is 17.6. The Morgan fingerprint density at radius 1 is 1.32 bits per heavy atom. The number of carboxylic acid groups (broad SMARTS) is 1. The first-order valence-corrected chi connectivity index (χ1v) is 9.30.